The fourth-order valence-corrected chi connectivity index (χ4v) is 4.16. The van der Waals surface area contributed by atoms with E-state index < -0.39 is 0 Å². The first-order valence-corrected chi connectivity index (χ1v) is 8.74. The summed E-state index contributed by atoms with van der Waals surface area (Å²) in [6, 6.07) is 12.5. The Kier molecular flexibility index (Phi) is 3.34. The molecule has 1 aromatic carbocycles. The van der Waals surface area contributed by atoms with Crippen molar-refractivity contribution in [3.63, 3.8) is 0 Å². The minimum Gasteiger partial charge on any atom is -0.496 e. The van der Waals surface area contributed by atoms with E-state index in [2.05, 4.69) is 9.88 Å². The third-order valence-electron chi connectivity index (χ3n) is 5.44. The fraction of sp³-hybridized carbons (Fsp3) is 0.316. The van der Waals surface area contributed by atoms with Crippen LogP contribution in [0.15, 0.2) is 42.6 Å². The van der Waals surface area contributed by atoms with Gasteiger partial charge in [0, 0.05) is 18.7 Å². The number of para-hydroxylation sites is 1. The van der Waals surface area contributed by atoms with Gasteiger partial charge in [-0.1, -0.05) is 12.1 Å². The maximum Gasteiger partial charge on any atom is 0.210 e. The highest BCUT2D eigenvalue weighted by Gasteiger charge is 2.43. The summed E-state index contributed by atoms with van der Waals surface area (Å²) in [4.78, 5) is 19.8. The van der Waals surface area contributed by atoms with Crippen LogP contribution in [0.25, 0.3) is 16.9 Å². The molecule has 0 aliphatic carbocycles. The zero-order chi connectivity index (χ0) is 17.7. The number of hydrogen-bond donors (Lipinski definition) is 0. The molecule has 2 aliphatic heterocycles. The van der Waals surface area contributed by atoms with Gasteiger partial charge >= 0.3 is 0 Å². The van der Waals surface area contributed by atoms with Gasteiger partial charge in [0.15, 0.2) is 5.65 Å². The van der Waals surface area contributed by atoms with Crippen LogP contribution < -0.4 is 9.64 Å². The molecule has 2 atom stereocenters. The first-order chi connectivity index (χ1) is 12.8. The van der Waals surface area contributed by atoms with Gasteiger partial charge in [-0.15, -0.1) is 5.10 Å². The van der Waals surface area contributed by atoms with Gasteiger partial charge in [0.25, 0.3) is 0 Å². The second-order valence-corrected chi connectivity index (χ2v) is 6.80. The molecule has 4 heterocycles. The number of fused-ring (bicyclic) bond motifs is 3. The Balaban J connectivity index is 1.55. The zero-order valence-corrected chi connectivity index (χ0v) is 14.4. The molecule has 5 rings (SSSR count). The number of piperazine rings is 1. The molecule has 3 aromatic rings. The van der Waals surface area contributed by atoms with Gasteiger partial charge in [-0.05, 0) is 30.7 Å². The maximum absolute atomic E-state index is 11.1. The minimum atomic E-state index is 0.298. The highest BCUT2D eigenvalue weighted by Crippen LogP contribution is 2.34. The summed E-state index contributed by atoms with van der Waals surface area (Å²) in [7, 11) is 1.67. The molecule has 0 spiro atoms. The number of methoxy groups -OCH3 is 1. The lowest BCUT2D eigenvalue weighted by atomic mass is 10.1. The van der Waals surface area contributed by atoms with Crippen molar-refractivity contribution in [1.29, 1.82) is 0 Å². The monoisotopic (exact) mass is 349 g/mol. The van der Waals surface area contributed by atoms with E-state index in [1.165, 1.54) is 0 Å². The van der Waals surface area contributed by atoms with Gasteiger partial charge < -0.3 is 14.5 Å². The van der Waals surface area contributed by atoms with Crippen LogP contribution in [0.4, 0.5) is 5.82 Å². The number of aromatic nitrogens is 3. The van der Waals surface area contributed by atoms with Gasteiger partial charge in [0.1, 0.15) is 11.6 Å². The number of nitrogens with zero attached hydrogens (tertiary/aromatic N) is 5. The second-order valence-electron chi connectivity index (χ2n) is 6.80. The summed E-state index contributed by atoms with van der Waals surface area (Å²) in [5.41, 5.74) is 2.66. The topological polar surface area (TPSA) is 63.0 Å². The van der Waals surface area contributed by atoms with E-state index in [0.717, 1.165) is 54.4 Å². The molecule has 0 radical (unpaired) electrons. The summed E-state index contributed by atoms with van der Waals surface area (Å²) in [5.74, 6) is 1.72. The summed E-state index contributed by atoms with van der Waals surface area (Å²) in [5, 5.41) is 4.86. The molecule has 2 fully saturated rings. The molecule has 26 heavy (non-hydrogen) atoms. The van der Waals surface area contributed by atoms with E-state index >= 15 is 0 Å². The number of rotatable bonds is 4. The highest BCUT2D eigenvalue weighted by atomic mass is 16.5. The number of imidazole rings is 1. The summed E-state index contributed by atoms with van der Waals surface area (Å²) >= 11 is 0. The first-order valence-electron chi connectivity index (χ1n) is 8.74. The number of benzene rings is 1. The highest BCUT2D eigenvalue weighted by molar-refractivity contribution is 5.70. The number of carbonyl (C=O) groups is 1. The van der Waals surface area contributed by atoms with E-state index in [0.29, 0.717) is 12.1 Å². The maximum atomic E-state index is 11.1. The van der Waals surface area contributed by atoms with Gasteiger partial charge in [-0.3, -0.25) is 4.79 Å². The molecule has 7 nitrogen and oxygen atoms in total. The fourth-order valence-electron chi connectivity index (χ4n) is 4.16. The largest absolute Gasteiger partial charge is 0.496 e. The van der Waals surface area contributed by atoms with E-state index in [9.17, 15) is 4.79 Å². The molecule has 2 unspecified atom stereocenters. The van der Waals surface area contributed by atoms with E-state index in [1.807, 2.05) is 52.0 Å². The van der Waals surface area contributed by atoms with Gasteiger partial charge in [0.2, 0.25) is 6.41 Å². The molecule has 1 amide bonds. The molecular formula is C19H19N5O2. The summed E-state index contributed by atoms with van der Waals surface area (Å²) < 4.78 is 7.37. The van der Waals surface area contributed by atoms with Gasteiger partial charge in [-0.25, -0.2) is 9.50 Å². The molecular weight excluding hydrogens is 330 g/mol. The Morgan fingerprint density at radius 1 is 1.15 bits per heavy atom. The average Bonchev–Trinajstić information content (AvgIpc) is 3.40. The predicted octanol–water partition coefficient (Wildman–Crippen LogP) is 1.82. The lowest BCUT2D eigenvalue weighted by Crippen LogP contribution is -2.46. The van der Waals surface area contributed by atoms with Crippen molar-refractivity contribution < 1.29 is 9.53 Å². The van der Waals surface area contributed by atoms with Crippen LogP contribution in [-0.4, -0.2) is 58.2 Å². The Morgan fingerprint density at radius 2 is 2.04 bits per heavy atom. The average molecular weight is 349 g/mol. The Hall–Kier alpha value is -3.09. The Morgan fingerprint density at radius 3 is 2.81 bits per heavy atom. The number of amides is 1. The normalized spacial score (nSPS) is 21.6. The van der Waals surface area contributed by atoms with E-state index in [-0.39, 0.29) is 0 Å². The predicted molar refractivity (Wildman–Crippen MR) is 97.3 cm³/mol. The summed E-state index contributed by atoms with van der Waals surface area (Å²) in [6.07, 6.45) is 3.81. The zero-order valence-electron chi connectivity index (χ0n) is 14.4. The van der Waals surface area contributed by atoms with E-state index in [4.69, 9.17) is 9.84 Å². The summed E-state index contributed by atoms with van der Waals surface area (Å²) in [6.45, 7) is 1.61. The van der Waals surface area contributed by atoms with Crippen LogP contribution in [0, 0.1) is 0 Å². The van der Waals surface area contributed by atoms with Gasteiger partial charge in [-0.2, -0.15) is 0 Å². The van der Waals surface area contributed by atoms with Crippen molar-refractivity contribution in [2.24, 2.45) is 0 Å². The molecule has 2 saturated heterocycles. The van der Waals surface area contributed by atoms with Gasteiger partial charge in [0.05, 0.1) is 31.1 Å². The van der Waals surface area contributed by atoms with Crippen molar-refractivity contribution >= 4 is 17.9 Å². The lowest BCUT2D eigenvalue weighted by Gasteiger charge is -2.32. The first kappa shape index (κ1) is 15.2. The van der Waals surface area contributed by atoms with Crippen LogP contribution in [0.5, 0.6) is 5.75 Å². The van der Waals surface area contributed by atoms with Crippen molar-refractivity contribution in [3.8, 4) is 17.0 Å². The molecule has 2 aliphatic rings. The standard InChI is InChI=1S/C19H19N5O2/c1-26-17-5-3-2-4-15(17)16-9-20-18-6-7-19(21-24(16)18)23-11-13-8-14(23)10-22(13)12-25/h2-7,9,12-14H,8,10-11H2,1H3. The minimum absolute atomic E-state index is 0.298. The van der Waals surface area contributed by atoms with Crippen LogP contribution in [-0.2, 0) is 4.79 Å². The SMILES string of the molecule is COc1ccccc1-c1cnc2ccc(N3CC4CC3CN4C=O)nn12. The van der Waals surface area contributed by atoms with Crippen molar-refractivity contribution in [3.05, 3.63) is 42.6 Å². The molecule has 132 valence electrons. The Bertz CT molecular complexity index is 985. The Labute approximate surface area is 150 Å². The van der Waals surface area contributed by atoms with Crippen molar-refractivity contribution in [2.75, 3.05) is 25.1 Å². The quantitative estimate of drug-likeness (QED) is 0.673. The molecule has 2 bridgehead atoms. The number of ether oxygens (including phenoxy) is 1. The van der Waals surface area contributed by atoms with Crippen molar-refractivity contribution in [1.82, 2.24) is 19.5 Å². The molecule has 7 heteroatoms. The third kappa shape index (κ3) is 2.16. The van der Waals surface area contributed by atoms with Crippen LogP contribution in [0.2, 0.25) is 0 Å². The lowest BCUT2D eigenvalue weighted by molar-refractivity contribution is -0.119. The van der Waals surface area contributed by atoms with Crippen LogP contribution in [0.1, 0.15) is 6.42 Å². The number of carbonyl (C=O) groups excluding carboxylic acids is 1. The molecule has 0 N–H and O–H groups in total. The number of hydrogen-bond acceptors (Lipinski definition) is 5. The second kappa shape index (κ2) is 5.72. The third-order valence-corrected chi connectivity index (χ3v) is 5.44. The number of likely N-dealkylation sites (tertiary alicyclic amines) is 1. The van der Waals surface area contributed by atoms with Crippen molar-refractivity contribution in [2.45, 2.75) is 18.5 Å². The number of anilines is 1. The van der Waals surface area contributed by atoms with Crippen LogP contribution in [0.3, 0.4) is 0 Å². The molecule has 0 saturated carbocycles. The van der Waals surface area contributed by atoms with Crippen LogP contribution >= 0.6 is 0 Å². The molecule has 2 aromatic heterocycles. The van der Waals surface area contributed by atoms with E-state index in [1.54, 1.807) is 7.11 Å². The smallest absolute Gasteiger partial charge is 0.210 e.